The second-order valence-electron chi connectivity index (χ2n) is 12.8. The van der Waals surface area contributed by atoms with E-state index in [2.05, 4.69) is 19.9 Å². The van der Waals surface area contributed by atoms with E-state index in [9.17, 15) is 14.7 Å². The number of carbonyl (C=O) groups is 1. The summed E-state index contributed by atoms with van der Waals surface area (Å²) in [6, 6.07) is 3.07. The number of anilines is 1. The quantitative estimate of drug-likeness (QED) is 0.333. The fraction of sp³-hybridized carbons (Fsp3) is 0.438. The number of hydrogen-bond acceptors (Lipinski definition) is 11. The van der Waals surface area contributed by atoms with Gasteiger partial charge in [-0.2, -0.15) is 15.0 Å². The van der Waals surface area contributed by atoms with Crippen LogP contribution in [0, 0.1) is 18.6 Å². The molecule has 2 aliphatic rings. The van der Waals surface area contributed by atoms with E-state index in [1.165, 1.54) is 24.1 Å². The number of phenols is 1. The van der Waals surface area contributed by atoms with E-state index in [-0.39, 0.29) is 66.5 Å². The van der Waals surface area contributed by atoms with Crippen LogP contribution in [0.2, 0.25) is 0 Å². The van der Waals surface area contributed by atoms with Crippen molar-refractivity contribution in [2.24, 2.45) is 0 Å². The molecule has 15 heteroatoms. The molecule has 1 saturated heterocycles. The van der Waals surface area contributed by atoms with Crippen LogP contribution in [0.1, 0.15) is 51.9 Å². The highest BCUT2D eigenvalue weighted by molar-refractivity contribution is 5.97. The number of amides is 1. The number of hydrogen-bond donors (Lipinski definition) is 1. The van der Waals surface area contributed by atoms with Gasteiger partial charge in [0.2, 0.25) is 0 Å². The van der Waals surface area contributed by atoms with Gasteiger partial charge >= 0.3 is 17.8 Å². The number of phenolic OH excluding ortho intramolecular Hbond substituents is 1. The van der Waals surface area contributed by atoms with Crippen molar-refractivity contribution in [2.75, 3.05) is 38.3 Å². The number of methoxy groups -OCH3 is 1. The fourth-order valence-electron chi connectivity index (χ4n) is 5.92. The highest BCUT2D eigenvalue weighted by atomic mass is 19.1. The highest BCUT2D eigenvalue weighted by Gasteiger charge is 2.39. The minimum atomic E-state index is -1.05. The lowest BCUT2D eigenvalue weighted by Crippen LogP contribution is -2.57. The van der Waals surface area contributed by atoms with Crippen molar-refractivity contribution in [1.82, 2.24) is 29.4 Å². The molecule has 0 spiro atoms. The van der Waals surface area contributed by atoms with Crippen molar-refractivity contribution >= 4 is 22.9 Å². The summed E-state index contributed by atoms with van der Waals surface area (Å²) in [5, 5.41) is 10.7. The average molecular weight is 652 g/mol. The zero-order valence-corrected chi connectivity index (χ0v) is 27.1. The zero-order valence-electron chi connectivity index (χ0n) is 27.1. The number of rotatable bonds is 4. The number of fused-ring (bicyclic) bond motifs is 2. The molecule has 1 amide bonds. The molecule has 0 saturated carbocycles. The summed E-state index contributed by atoms with van der Waals surface area (Å²) < 4.78 is 50.0. The standard InChI is InChI=1S/C32H35F2N7O6/c1-15(2)23-25(16(3)35-29(37-23)45-7)41-28-21-26(22(34)24(36-28)20-18(33)9-8-10-19(20)42)46-14-17-13-39(31(44)47-32(4,5)6)11-12-40(17)27(21)38-30(41)43/h8-10,15,17,42H,11-14H2,1-7H3/t17-/m1/s1. The van der Waals surface area contributed by atoms with Crippen LogP contribution >= 0.6 is 0 Å². The predicted octanol–water partition coefficient (Wildman–Crippen LogP) is 4.48. The first kappa shape index (κ1) is 31.9. The van der Waals surface area contributed by atoms with Gasteiger partial charge < -0.3 is 29.1 Å². The number of aromatic nitrogens is 5. The molecule has 1 N–H and O–H groups in total. The summed E-state index contributed by atoms with van der Waals surface area (Å²) in [7, 11) is 1.42. The largest absolute Gasteiger partial charge is 0.507 e. The van der Waals surface area contributed by atoms with Crippen LogP contribution in [-0.2, 0) is 4.74 Å². The molecule has 1 aromatic carbocycles. The van der Waals surface area contributed by atoms with Gasteiger partial charge in [0, 0.05) is 19.6 Å². The van der Waals surface area contributed by atoms with Crippen molar-refractivity contribution < 1.29 is 32.9 Å². The molecule has 47 heavy (non-hydrogen) atoms. The lowest BCUT2D eigenvalue weighted by atomic mass is 10.1. The summed E-state index contributed by atoms with van der Waals surface area (Å²) in [5.74, 6) is -3.03. The van der Waals surface area contributed by atoms with Gasteiger partial charge in [-0.15, -0.1) is 0 Å². The topological polar surface area (TPSA) is 145 Å². The maximum Gasteiger partial charge on any atom is 0.410 e. The number of benzene rings is 1. The maximum atomic E-state index is 16.6. The average Bonchev–Trinajstić information content (AvgIpc) is 3.15. The SMILES string of the molecule is COc1nc(C)c(-n2c(=O)nc3c4c(c(F)c(-c5c(O)cccc5F)nc42)OC[C@H]2CN(C(=O)OC(C)(C)C)CCN32)c(C(C)C)n1. The Hall–Kier alpha value is -5.08. The van der Waals surface area contributed by atoms with E-state index >= 15 is 8.78 Å². The van der Waals surface area contributed by atoms with Crippen LogP contribution < -0.4 is 20.1 Å². The van der Waals surface area contributed by atoms with Gasteiger partial charge in [0.05, 0.1) is 35.8 Å². The monoisotopic (exact) mass is 651 g/mol. The Balaban J connectivity index is 1.64. The van der Waals surface area contributed by atoms with Gasteiger partial charge in [-0.05, 0) is 45.7 Å². The number of carbonyl (C=O) groups excluding carboxylic acids is 1. The minimum Gasteiger partial charge on any atom is -0.507 e. The Morgan fingerprint density at radius 2 is 1.87 bits per heavy atom. The first-order chi connectivity index (χ1) is 22.2. The smallest absolute Gasteiger partial charge is 0.410 e. The Bertz CT molecular complexity index is 1960. The van der Waals surface area contributed by atoms with E-state index in [0.29, 0.717) is 11.4 Å². The summed E-state index contributed by atoms with van der Waals surface area (Å²) in [5.41, 5.74) is -1.66. The summed E-state index contributed by atoms with van der Waals surface area (Å²) in [6.45, 7) is 11.2. The van der Waals surface area contributed by atoms with Gasteiger partial charge in [-0.25, -0.2) is 27.9 Å². The van der Waals surface area contributed by atoms with E-state index in [1.54, 1.807) is 32.6 Å². The molecule has 13 nitrogen and oxygen atoms in total. The molecular formula is C32H35F2N7O6. The number of halogens is 2. The summed E-state index contributed by atoms with van der Waals surface area (Å²) >= 11 is 0. The number of aryl methyl sites for hydroxylation is 1. The third-order valence-corrected chi connectivity index (χ3v) is 7.98. The van der Waals surface area contributed by atoms with Gasteiger partial charge in [0.1, 0.15) is 40.7 Å². The third kappa shape index (κ3) is 5.52. The van der Waals surface area contributed by atoms with Crippen LogP contribution in [0.5, 0.6) is 17.5 Å². The van der Waals surface area contributed by atoms with E-state index in [4.69, 9.17) is 14.2 Å². The van der Waals surface area contributed by atoms with Gasteiger partial charge in [-0.1, -0.05) is 19.9 Å². The number of piperazine rings is 1. The van der Waals surface area contributed by atoms with E-state index in [1.807, 2.05) is 13.8 Å². The number of nitrogens with zero attached hydrogens (tertiary/aromatic N) is 7. The number of pyridine rings is 1. The second-order valence-corrected chi connectivity index (χ2v) is 12.8. The Labute approximate surface area is 268 Å². The lowest BCUT2D eigenvalue weighted by molar-refractivity contribution is 0.0201. The van der Waals surface area contributed by atoms with Crippen LogP contribution in [0.25, 0.3) is 28.0 Å². The summed E-state index contributed by atoms with van der Waals surface area (Å²) in [6.07, 6.45) is -0.520. The molecule has 0 bridgehead atoms. The molecule has 5 heterocycles. The molecule has 0 radical (unpaired) electrons. The van der Waals surface area contributed by atoms with Crippen LogP contribution in [-0.4, -0.2) is 85.6 Å². The van der Waals surface area contributed by atoms with Crippen LogP contribution in [0.4, 0.5) is 19.4 Å². The lowest BCUT2D eigenvalue weighted by Gasteiger charge is -2.41. The minimum absolute atomic E-state index is 0.0554. The Morgan fingerprint density at radius 1 is 1.13 bits per heavy atom. The van der Waals surface area contributed by atoms with Crippen molar-refractivity contribution in [3.05, 3.63) is 51.7 Å². The summed E-state index contributed by atoms with van der Waals surface area (Å²) in [4.78, 5) is 48.3. The first-order valence-electron chi connectivity index (χ1n) is 15.1. The molecule has 248 valence electrons. The zero-order chi connectivity index (χ0) is 33.9. The van der Waals surface area contributed by atoms with Crippen LogP contribution in [0.3, 0.4) is 0 Å². The molecule has 0 unspecified atom stereocenters. The highest BCUT2D eigenvalue weighted by Crippen LogP contribution is 2.44. The van der Waals surface area contributed by atoms with Crippen molar-refractivity contribution in [3.63, 3.8) is 0 Å². The van der Waals surface area contributed by atoms with E-state index < -0.39 is 52.1 Å². The van der Waals surface area contributed by atoms with Crippen LogP contribution in [0.15, 0.2) is 23.0 Å². The molecule has 2 aliphatic heterocycles. The first-order valence-corrected chi connectivity index (χ1v) is 15.1. The number of ether oxygens (including phenoxy) is 3. The van der Waals surface area contributed by atoms with Gasteiger partial charge in [-0.3, -0.25) is 0 Å². The van der Waals surface area contributed by atoms with Gasteiger partial charge in [0.25, 0.3) is 0 Å². The van der Waals surface area contributed by atoms with Crippen molar-refractivity contribution in [3.8, 4) is 34.5 Å². The molecule has 6 rings (SSSR count). The molecular weight excluding hydrogens is 616 g/mol. The normalized spacial score (nSPS) is 16.2. The number of aromatic hydroxyl groups is 1. The van der Waals surface area contributed by atoms with E-state index in [0.717, 1.165) is 10.6 Å². The molecule has 4 aromatic rings. The molecule has 1 atom stereocenters. The third-order valence-electron chi connectivity index (χ3n) is 7.98. The fourth-order valence-corrected chi connectivity index (χ4v) is 5.92. The van der Waals surface area contributed by atoms with Crippen molar-refractivity contribution in [2.45, 2.75) is 59.1 Å². The van der Waals surface area contributed by atoms with Crippen molar-refractivity contribution in [1.29, 1.82) is 0 Å². The Morgan fingerprint density at radius 3 is 2.53 bits per heavy atom. The maximum absolute atomic E-state index is 16.6. The Kier molecular flexibility index (Phi) is 7.88. The molecule has 1 fully saturated rings. The van der Waals surface area contributed by atoms with Gasteiger partial charge in [0.15, 0.2) is 17.2 Å². The molecule has 3 aromatic heterocycles. The molecule has 0 aliphatic carbocycles. The second kappa shape index (κ2) is 11.6. The predicted molar refractivity (Wildman–Crippen MR) is 168 cm³/mol.